The first kappa shape index (κ1) is 15.9. The predicted octanol–water partition coefficient (Wildman–Crippen LogP) is 3.25. The van der Waals surface area contributed by atoms with Gasteiger partial charge in [0.15, 0.2) is 0 Å². The van der Waals surface area contributed by atoms with Crippen LogP contribution in [-0.2, 0) is 6.54 Å². The number of aromatic nitrogens is 2. The maximum Gasteiger partial charge on any atom is 0.251 e. The van der Waals surface area contributed by atoms with Crippen LogP contribution in [-0.4, -0.2) is 16.5 Å². The highest BCUT2D eigenvalue weighted by atomic mass is 79.9. The van der Waals surface area contributed by atoms with E-state index in [0.717, 1.165) is 27.8 Å². The van der Waals surface area contributed by atoms with Gasteiger partial charge in [0.25, 0.3) is 5.56 Å². The average Bonchev–Trinajstić information content (AvgIpc) is 2.37. The van der Waals surface area contributed by atoms with E-state index in [0.29, 0.717) is 18.3 Å². The van der Waals surface area contributed by atoms with Crippen molar-refractivity contribution in [1.29, 1.82) is 0 Å². The molecule has 2 rings (SSSR count). The summed E-state index contributed by atoms with van der Waals surface area (Å²) < 4.78 is 1.01. The monoisotopic (exact) mass is 349 g/mol. The molecule has 112 valence electrons. The third-order valence-electron chi connectivity index (χ3n) is 3.10. The van der Waals surface area contributed by atoms with E-state index < -0.39 is 0 Å². The molecule has 0 amide bonds. The molecule has 2 aromatic rings. The Kier molecular flexibility index (Phi) is 5.31. The summed E-state index contributed by atoms with van der Waals surface area (Å²) in [5.74, 6) is 1.19. The van der Waals surface area contributed by atoms with Gasteiger partial charge < -0.3 is 10.3 Å². The number of H-pyrrole nitrogens is 1. The highest BCUT2D eigenvalue weighted by molar-refractivity contribution is 9.10. The van der Waals surface area contributed by atoms with E-state index in [4.69, 9.17) is 0 Å². The Balaban J connectivity index is 2.28. The number of nitrogens with one attached hydrogen (secondary N) is 2. The van der Waals surface area contributed by atoms with E-state index in [9.17, 15) is 4.79 Å². The van der Waals surface area contributed by atoms with Crippen molar-refractivity contribution < 1.29 is 0 Å². The van der Waals surface area contributed by atoms with Crippen LogP contribution in [0.25, 0.3) is 11.4 Å². The van der Waals surface area contributed by atoms with Crippen molar-refractivity contribution in [2.24, 2.45) is 5.92 Å². The molecule has 0 saturated carbocycles. The third-order valence-corrected chi connectivity index (χ3v) is 3.59. The lowest BCUT2D eigenvalue weighted by atomic mass is 10.1. The Morgan fingerprint density at radius 3 is 2.76 bits per heavy atom. The second-order valence-electron chi connectivity index (χ2n) is 5.57. The molecule has 2 N–H and O–H groups in total. The standard InChI is InChI=1S/C16H20BrN3O/c1-10(2)8-18-9-13-7-15(21)20-16(19-13)14-5-4-12(17)6-11(14)3/h4-7,10,18H,8-9H2,1-3H3,(H,19,20,21). The minimum atomic E-state index is -0.122. The lowest BCUT2D eigenvalue weighted by Gasteiger charge is -2.09. The Morgan fingerprint density at radius 2 is 2.10 bits per heavy atom. The van der Waals surface area contributed by atoms with Crippen LogP contribution < -0.4 is 10.9 Å². The second-order valence-corrected chi connectivity index (χ2v) is 6.49. The van der Waals surface area contributed by atoms with Gasteiger partial charge in [-0.2, -0.15) is 0 Å². The van der Waals surface area contributed by atoms with Crippen molar-refractivity contribution in [3.8, 4) is 11.4 Å². The van der Waals surface area contributed by atoms with Gasteiger partial charge in [-0.15, -0.1) is 0 Å². The molecule has 0 saturated heterocycles. The van der Waals surface area contributed by atoms with E-state index in [1.165, 1.54) is 0 Å². The van der Waals surface area contributed by atoms with Gasteiger partial charge >= 0.3 is 0 Å². The fraction of sp³-hybridized carbons (Fsp3) is 0.375. The molecule has 5 heteroatoms. The average molecular weight is 350 g/mol. The molecular weight excluding hydrogens is 330 g/mol. The molecule has 0 aliphatic rings. The Bertz CT molecular complexity index is 679. The highest BCUT2D eigenvalue weighted by Crippen LogP contribution is 2.22. The number of nitrogens with zero attached hydrogens (tertiary/aromatic N) is 1. The van der Waals surface area contributed by atoms with E-state index in [1.54, 1.807) is 6.07 Å². The van der Waals surface area contributed by atoms with Crippen LogP contribution in [0.3, 0.4) is 0 Å². The molecule has 21 heavy (non-hydrogen) atoms. The van der Waals surface area contributed by atoms with Crippen LogP contribution in [0.15, 0.2) is 33.5 Å². The number of benzene rings is 1. The summed E-state index contributed by atoms with van der Waals surface area (Å²) in [5.41, 5.74) is 2.65. The molecule has 1 aromatic heterocycles. The minimum absolute atomic E-state index is 0.122. The molecule has 1 heterocycles. The van der Waals surface area contributed by atoms with E-state index in [2.05, 4.69) is 45.1 Å². The van der Waals surface area contributed by atoms with Gasteiger partial charge in [0.05, 0.1) is 5.69 Å². The highest BCUT2D eigenvalue weighted by Gasteiger charge is 2.07. The molecule has 0 spiro atoms. The van der Waals surface area contributed by atoms with Crippen LogP contribution in [0, 0.1) is 12.8 Å². The third kappa shape index (κ3) is 4.51. The van der Waals surface area contributed by atoms with Crippen molar-refractivity contribution in [2.75, 3.05) is 6.54 Å². The van der Waals surface area contributed by atoms with Gasteiger partial charge in [0, 0.05) is 22.6 Å². The Hall–Kier alpha value is -1.46. The first-order valence-electron chi connectivity index (χ1n) is 7.03. The number of aryl methyl sites for hydroxylation is 1. The number of hydrogen-bond acceptors (Lipinski definition) is 3. The lowest BCUT2D eigenvalue weighted by molar-refractivity contribution is 0.548. The first-order valence-corrected chi connectivity index (χ1v) is 7.82. The molecule has 0 radical (unpaired) electrons. The van der Waals surface area contributed by atoms with Gasteiger partial charge in [-0.3, -0.25) is 4.79 Å². The summed E-state index contributed by atoms with van der Waals surface area (Å²) in [4.78, 5) is 19.2. The van der Waals surface area contributed by atoms with Crippen molar-refractivity contribution in [3.63, 3.8) is 0 Å². The van der Waals surface area contributed by atoms with Gasteiger partial charge in [-0.05, 0) is 43.1 Å². The second kappa shape index (κ2) is 7.00. The van der Waals surface area contributed by atoms with Gasteiger partial charge in [0.2, 0.25) is 0 Å². The van der Waals surface area contributed by atoms with Crippen molar-refractivity contribution >= 4 is 15.9 Å². The quantitative estimate of drug-likeness (QED) is 0.870. The molecule has 0 aliphatic carbocycles. The molecule has 0 unspecified atom stereocenters. The fourth-order valence-corrected chi connectivity index (χ4v) is 2.58. The molecule has 0 aliphatic heterocycles. The largest absolute Gasteiger partial charge is 0.311 e. The van der Waals surface area contributed by atoms with Crippen LogP contribution in [0.1, 0.15) is 25.1 Å². The first-order chi connectivity index (χ1) is 9.95. The molecule has 4 nitrogen and oxygen atoms in total. The zero-order chi connectivity index (χ0) is 15.4. The molecular formula is C16H20BrN3O. The summed E-state index contributed by atoms with van der Waals surface area (Å²) in [6.45, 7) is 7.80. The lowest BCUT2D eigenvalue weighted by Crippen LogP contribution is -2.21. The molecule has 1 aromatic carbocycles. The Morgan fingerprint density at radius 1 is 1.33 bits per heavy atom. The van der Waals surface area contributed by atoms with Gasteiger partial charge in [-0.25, -0.2) is 4.98 Å². The van der Waals surface area contributed by atoms with E-state index in [1.807, 2.05) is 25.1 Å². The van der Waals surface area contributed by atoms with Crippen LogP contribution in [0.5, 0.6) is 0 Å². The minimum Gasteiger partial charge on any atom is -0.311 e. The van der Waals surface area contributed by atoms with Gasteiger partial charge in [0.1, 0.15) is 5.82 Å². The van der Waals surface area contributed by atoms with Crippen LogP contribution in [0.4, 0.5) is 0 Å². The normalized spacial score (nSPS) is 11.1. The van der Waals surface area contributed by atoms with Gasteiger partial charge in [-0.1, -0.05) is 29.8 Å². The fourth-order valence-electron chi connectivity index (χ4n) is 2.11. The number of rotatable bonds is 5. The molecule has 0 atom stereocenters. The summed E-state index contributed by atoms with van der Waals surface area (Å²) in [5, 5.41) is 3.31. The number of hydrogen-bond donors (Lipinski definition) is 2. The zero-order valence-electron chi connectivity index (χ0n) is 12.5. The molecule has 0 fully saturated rings. The van der Waals surface area contributed by atoms with Crippen molar-refractivity contribution in [2.45, 2.75) is 27.3 Å². The smallest absolute Gasteiger partial charge is 0.251 e. The summed E-state index contributed by atoms with van der Waals surface area (Å²) in [7, 11) is 0. The van der Waals surface area contributed by atoms with Crippen molar-refractivity contribution in [1.82, 2.24) is 15.3 Å². The zero-order valence-corrected chi connectivity index (χ0v) is 14.1. The summed E-state index contributed by atoms with van der Waals surface area (Å²) >= 11 is 3.44. The SMILES string of the molecule is Cc1cc(Br)ccc1-c1nc(CNCC(C)C)cc(=O)[nH]1. The maximum absolute atomic E-state index is 11.8. The van der Waals surface area contributed by atoms with Crippen LogP contribution >= 0.6 is 15.9 Å². The topological polar surface area (TPSA) is 57.8 Å². The van der Waals surface area contributed by atoms with E-state index in [-0.39, 0.29) is 5.56 Å². The molecule has 0 bridgehead atoms. The maximum atomic E-state index is 11.8. The number of halogens is 1. The summed E-state index contributed by atoms with van der Waals surface area (Å²) in [6, 6.07) is 7.47. The van der Waals surface area contributed by atoms with E-state index >= 15 is 0 Å². The predicted molar refractivity (Wildman–Crippen MR) is 89.3 cm³/mol. The summed E-state index contributed by atoms with van der Waals surface area (Å²) in [6.07, 6.45) is 0. The van der Waals surface area contributed by atoms with Crippen LogP contribution in [0.2, 0.25) is 0 Å². The Labute approximate surface area is 133 Å². The van der Waals surface area contributed by atoms with Crippen molar-refractivity contribution in [3.05, 3.63) is 50.3 Å². The number of aromatic amines is 1.